The van der Waals surface area contributed by atoms with Crippen molar-refractivity contribution >= 4 is 28.9 Å². The lowest BCUT2D eigenvalue weighted by molar-refractivity contribution is 0.0982. The summed E-state index contributed by atoms with van der Waals surface area (Å²) in [6.45, 7) is 4.56. The maximum Gasteiger partial charge on any atom is 0.404 e. The van der Waals surface area contributed by atoms with Gasteiger partial charge in [0.05, 0.1) is 18.3 Å². The molecule has 0 unspecified atom stereocenters. The molecule has 0 spiro atoms. The number of carbonyl (C=O) groups is 3. The molecule has 0 bridgehead atoms. The number of ether oxygens (including phenoxy) is 1. The lowest BCUT2D eigenvalue weighted by Crippen LogP contribution is -2.26. The molecule has 12 nitrogen and oxygen atoms in total. The number of rotatable bonds is 8. The molecule has 0 atom stereocenters. The van der Waals surface area contributed by atoms with Gasteiger partial charge >= 0.3 is 6.09 Å². The van der Waals surface area contributed by atoms with Gasteiger partial charge in [0.25, 0.3) is 5.91 Å². The summed E-state index contributed by atoms with van der Waals surface area (Å²) >= 11 is 0. The summed E-state index contributed by atoms with van der Waals surface area (Å²) in [6.07, 6.45) is 2.25. The van der Waals surface area contributed by atoms with Crippen LogP contribution in [-0.4, -0.2) is 55.6 Å². The number of aryl methyl sites for hydroxylation is 3. The largest absolute Gasteiger partial charge is 0.494 e. The van der Waals surface area contributed by atoms with Gasteiger partial charge in [-0.25, -0.2) is 4.79 Å². The van der Waals surface area contributed by atoms with Crippen LogP contribution in [0.2, 0.25) is 0 Å². The molecule has 0 aliphatic rings. The van der Waals surface area contributed by atoms with Gasteiger partial charge in [0.2, 0.25) is 11.5 Å². The highest BCUT2D eigenvalue weighted by molar-refractivity contribution is 5.98. The highest BCUT2D eigenvalue weighted by atomic mass is 16.5. The van der Waals surface area contributed by atoms with Crippen molar-refractivity contribution in [2.24, 2.45) is 17.8 Å². The molecule has 0 saturated heterocycles. The Kier molecular flexibility index (Phi) is 7.19. The Morgan fingerprint density at radius 1 is 1.26 bits per heavy atom. The molecule has 0 fully saturated rings. The Bertz CT molecular complexity index is 1360. The maximum absolute atomic E-state index is 13.1. The van der Waals surface area contributed by atoms with Crippen LogP contribution in [0.1, 0.15) is 33.5 Å². The minimum Gasteiger partial charge on any atom is -0.494 e. The van der Waals surface area contributed by atoms with Crippen LogP contribution in [0.4, 0.5) is 4.79 Å². The fourth-order valence-electron chi connectivity index (χ4n) is 3.63. The van der Waals surface area contributed by atoms with Crippen molar-refractivity contribution in [3.63, 3.8) is 0 Å². The van der Waals surface area contributed by atoms with Gasteiger partial charge in [0, 0.05) is 32.2 Å². The van der Waals surface area contributed by atoms with Crippen LogP contribution in [-0.2, 0) is 20.1 Å². The zero-order valence-electron chi connectivity index (χ0n) is 19.4. The third kappa shape index (κ3) is 4.85. The molecule has 0 aliphatic carbocycles. The Balaban J connectivity index is 2.23. The van der Waals surface area contributed by atoms with Gasteiger partial charge in [-0.3, -0.25) is 14.3 Å². The average molecular weight is 470 g/mol. The number of primary amides is 1. The van der Waals surface area contributed by atoms with E-state index in [9.17, 15) is 14.4 Å². The number of imidazole rings is 1. The SMILES string of the molecule is CCn1nc(C)cc1C(=O)N=c1n(C)c2cc(C(N)=O)cc(OC)c2n1C/C=C/CNC(=O)O. The third-order valence-electron chi connectivity index (χ3n) is 5.18. The number of fused-ring (bicyclic) bond motifs is 1. The van der Waals surface area contributed by atoms with Crippen LogP contribution in [0.25, 0.3) is 11.0 Å². The van der Waals surface area contributed by atoms with E-state index in [1.807, 2.05) is 6.92 Å². The highest BCUT2D eigenvalue weighted by Crippen LogP contribution is 2.27. The second kappa shape index (κ2) is 10.1. The zero-order chi connectivity index (χ0) is 25.0. The summed E-state index contributed by atoms with van der Waals surface area (Å²) in [5.74, 6) is -0.723. The number of allylic oxidation sites excluding steroid dienone is 1. The van der Waals surface area contributed by atoms with E-state index in [-0.39, 0.29) is 18.7 Å². The summed E-state index contributed by atoms with van der Waals surface area (Å²) in [5, 5.41) is 15.3. The lowest BCUT2D eigenvalue weighted by atomic mass is 10.1. The average Bonchev–Trinajstić information content (AvgIpc) is 3.30. The summed E-state index contributed by atoms with van der Waals surface area (Å²) in [4.78, 5) is 40.0. The van der Waals surface area contributed by atoms with Crippen molar-refractivity contribution in [2.45, 2.75) is 26.9 Å². The predicted molar refractivity (Wildman–Crippen MR) is 124 cm³/mol. The van der Waals surface area contributed by atoms with Crippen molar-refractivity contribution in [2.75, 3.05) is 13.7 Å². The Hall–Kier alpha value is -4.35. The van der Waals surface area contributed by atoms with E-state index in [0.29, 0.717) is 40.3 Å². The van der Waals surface area contributed by atoms with E-state index in [0.717, 1.165) is 0 Å². The second-order valence-corrected chi connectivity index (χ2v) is 7.44. The molecule has 2 heterocycles. The molecule has 0 saturated carbocycles. The van der Waals surface area contributed by atoms with Gasteiger partial charge in [0.15, 0.2) is 0 Å². The number of carboxylic acid groups (broad SMARTS) is 1. The van der Waals surface area contributed by atoms with E-state index in [1.165, 1.54) is 13.2 Å². The number of nitrogens with zero attached hydrogens (tertiary/aromatic N) is 5. The monoisotopic (exact) mass is 469 g/mol. The van der Waals surface area contributed by atoms with Crippen LogP contribution in [0.15, 0.2) is 35.3 Å². The number of hydrogen-bond acceptors (Lipinski definition) is 5. The summed E-state index contributed by atoms with van der Waals surface area (Å²) in [5.41, 5.74) is 8.26. The van der Waals surface area contributed by atoms with Crippen LogP contribution in [0.3, 0.4) is 0 Å². The van der Waals surface area contributed by atoms with Crippen LogP contribution < -0.4 is 21.4 Å². The van der Waals surface area contributed by atoms with Gasteiger partial charge < -0.3 is 30.0 Å². The van der Waals surface area contributed by atoms with Crippen LogP contribution >= 0.6 is 0 Å². The number of carbonyl (C=O) groups excluding carboxylic acids is 2. The number of methoxy groups -OCH3 is 1. The third-order valence-corrected chi connectivity index (χ3v) is 5.18. The summed E-state index contributed by atoms with van der Waals surface area (Å²) in [7, 11) is 3.18. The topological polar surface area (TPSA) is 159 Å². The van der Waals surface area contributed by atoms with Crippen molar-refractivity contribution in [3.8, 4) is 5.75 Å². The maximum atomic E-state index is 13.1. The molecule has 1 aromatic carbocycles. The molecule has 180 valence electrons. The van der Waals surface area contributed by atoms with Crippen molar-refractivity contribution in [1.29, 1.82) is 0 Å². The summed E-state index contributed by atoms with van der Waals surface area (Å²) < 4.78 is 10.5. The minimum atomic E-state index is -1.13. The van der Waals surface area contributed by atoms with Gasteiger partial charge in [-0.05, 0) is 32.0 Å². The number of aromatic nitrogens is 4. The first-order valence-corrected chi connectivity index (χ1v) is 10.5. The van der Waals surface area contributed by atoms with E-state index in [4.69, 9.17) is 15.6 Å². The molecule has 3 rings (SSSR count). The molecule has 3 aromatic rings. The smallest absolute Gasteiger partial charge is 0.404 e. The first kappa shape index (κ1) is 24.3. The number of nitrogens with one attached hydrogen (secondary N) is 1. The van der Waals surface area contributed by atoms with Crippen molar-refractivity contribution in [1.82, 2.24) is 24.2 Å². The Morgan fingerprint density at radius 2 is 2.00 bits per heavy atom. The molecule has 2 aromatic heterocycles. The standard InChI is InChI=1S/C22H27N7O5/c1-5-29-16(10-13(2)26-29)20(31)25-21-27(3)15-11-14(19(23)30)12-17(34-4)18(15)28(21)9-7-6-8-24-22(32)33/h6-7,10-12,24H,5,8-9H2,1-4H3,(H2,23,30)(H,32,33)/b7-6+,25-21?. The molecule has 4 N–H and O–H groups in total. The highest BCUT2D eigenvalue weighted by Gasteiger charge is 2.19. The van der Waals surface area contributed by atoms with E-state index in [2.05, 4.69) is 15.4 Å². The normalized spacial score (nSPS) is 11.9. The molecule has 3 amide bonds. The van der Waals surface area contributed by atoms with Crippen LogP contribution in [0, 0.1) is 6.92 Å². The van der Waals surface area contributed by atoms with E-state index >= 15 is 0 Å². The number of amides is 3. The first-order valence-electron chi connectivity index (χ1n) is 10.5. The number of benzene rings is 1. The molecular formula is C22H27N7O5. The number of nitrogens with two attached hydrogens (primary N) is 1. The number of hydrogen-bond donors (Lipinski definition) is 3. The van der Waals surface area contributed by atoms with Gasteiger partial charge in [0.1, 0.15) is 17.0 Å². The molecular weight excluding hydrogens is 442 g/mol. The van der Waals surface area contributed by atoms with Crippen molar-refractivity contribution < 1.29 is 24.2 Å². The Morgan fingerprint density at radius 3 is 2.62 bits per heavy atom. The Labute approximate surface area is 194 Å². The zero-order valence-corrected chi connectivity index (χ0v) is 19.4. The second-order valence-electron chi connectivity index (χ2n) is 7.44. The molecule has 0 radical (unpaired) electrons. The lowest BCUT2D eigenvalue weighted by Gasteiger charge is -2.08. The van der Waals surface area contributed by atoms with Crippen molar-refractivity contribution in [3.05, 3.63) is 52.9 Å². The van der Waals surface area contributed by atoms with Gasteiger partial charge in [-0.15, -0.1) is 0 Å². The van der Waals surface area contributed by atoms with Gasteiger partial charge in [-0.2, -0.15) is 10.1 Å². The first-order chi connectivity index (χ1) is 16.2. The van der Waals surface area contributed by atoms with E-state index < -0.39 is 17.9 Å². The fourth-order valence-corrected chi connectivity index (χ4v) is 3.63. The molecule has 0 aliphatic heterocycles. The van der Waals surface area contributed by atoms with Crippen LogP contribution in [0.5, 0.6) is 5.75 Å². The predicted octanol–water partition coefficient (Wildman–Crippen LogP) is 1.18. The van der Waals surface area contributed by atoms with Gasteiger partial charge in [-0.1, -0.05) is 12.2 Å². The molecule has 12 heteroatoms. The quantitative estimate of drug-likeness (QED) is 0.420. The minimum absolute atomic E-state index is 0.115. The molecule has 34 heavy (non-hydrogen) atoms. The van der Waals surface area contributed by atoms with E-state index in [1.54, 1.807) is 52.1 Å². The summed E-state index contributed by atoms with van der Waals surface area (Å²) in [6, 6.07) is 4.81. The fraction of sp³-hybridized carbons (Fsp3) is 0.318.